The highest BCUT2D eigenvalue weighted by atomic mass is 35.5. The van der Waals surface area contributed by atoms with Gasteiger partial charge in [-0.3, -0.25) is 9.78 Å². The summed E-state index contributed by atoms with van der Waals surface area (Å²) in [5.41, 5.74) is 3.53. The van der Waals surface area contributed by atoms with Gasteiger partial charge in [0.15, 0.2) is 6.29 Å². The van der Waals surface area contributed by atoms with Crippen LogP contribution in [0.5, 0.6) is 0 Å². The topological polar surface area (TPSA) is 71.6 Å². The number of hydrogen-bond donors (Lipinski definition) is 0. The van der Waals surface area contributed by atoms with Crippen LogP contribution in [0.1, 0.15) is 21.5 Å². The van der Waals surface area contributed by atoms with Gasteiger partial charge < -0.3 is 4.57 Å². The number of carbonyl (C=O) groups is 1. The summed E-state index contributed by atoms with van der Waals surface area (Å²) in [4.78, 5) is 20.0. The first-order chi connectivity index (χ1) is 12.2. The van der Waals surface area contributed by atoms with Gasteiger partial charge in [0.2, 0.25) is 0 Å². The fourth-order valence-electron chi connectivity index (χ4n) is 2.92. The van der Waals surface area contributed by atoms with E-state index in [1.807, 2.05) is 34.9 Å². The molecule has 3 aromatic heterocycles. The van der Waals surface area contributed by atoms with E-state index >= 15 is 0 Å². The van der Waals surface area contributed by atoms with E-state index in [4.69, 9.17) is 16.9 Å². The molecule has 0 saturated heterocycles. The zero-order chi connectivity index (χ0) is 17.4. The van der Waals surface area contributed by atoms with Gasteiger partial charge in [0.1, 0.15) is 11.7 Å². The van der Waals surface area contributed by atoms with Crippen molar-refractivity contribution >= 4 is 39.8 Å². The molecule has 25 heavy (non-hydrogen) atoms. The van der Waals surface area contributed by atoms with Crippen molar-refractivity contribution < 1.29 is 4.79 Å². The number of carbonyl (C=O) groups excluding carboxylic acids is 1. The number of hydrogen-bond acceptors (Lipinski definition) is 4. The van der Waals surface area contributed by atoms with E-state index in [2.05, 4.69) is 9.97 Å². The van der Waals surface area contributed by atoms with Crippen molar-refractivity contribution in [1.82, 2.24) is 14.5 Å². The lowest BCUT2D eigenvalue weighted by atomic mass is 10.1. The van der Waals surface area contributed by atoms with Crippen LogP contribution in [0.4, 0.5) is 0 Å². The average molecular weight is 347 g/mol. The Bertz CT molecular complexity index is 1170. The number of pyridine rings is 2. The number of fused-ring (bicyclic) bond motifs is 2. The molecule has 0 atom stereocenters. The van der Waals surface area contributed by atoms with E-state index in [9.17, 15) is 4.79 Å². The predicted molar refractivity (Wildman–Crippen MR) is 95.7 cm³/mol. The second-order valence-electron chi connectivity index (χ2n) is 5.72. The lowest BCUT2D eigenvalue weighted by Gasteiger charge is -2.06. The third-order valence-corrected chi connectivity index (χ3v) is 4.27. The molecule has 120 valence electrons. The number of aromatic nitrogens is 3. The molecule has 0 spiro atoms. The monoisotopic (exact) mass is 346 g/mol. The molecule has 0 aliphatic carbocycles. The van der Waals surface area contributed by atoms with Crippen molar-refractivity contribution in [3.63, 3.8) is 0 Å². The quantitative estimate of drug-likeness (QED) is 0.526. The molecule has 0 saturated carbocycles. The SMILES string of the molecule is N#Cc1cnc2c(c1)c(C=O)cn2Cc1ccc2ncc(Cl)cc2c1. The van der Waals surface area contributed by atoms with E-state index < -0.39 is 0 Å². The number of benzene rings is 1. The Balaban J connectivity index is 1.80. The average Bonchev–Trinajstić information content (AvgIpc) is 2.98. The molecule has 5 nitrogen and oxygen atoms in total. The van der Waals surface area contributed by atoms with E-state index in [0.717, 1.165) is 22.8 Å². The standard InChI is InChI=1S/C19H11ClN4O/c20-16-5-14-3-12(1-2-18(14)22-8-16)9-24-10-15(11-25)17-4-13(6-21)7-23-19(17)24/h1-5,7-8,10-11H,9H2. The summed E-state index contributed by atoms with van der Waals surface area (Å²) < 4.78 is 1.90. The molecule has 6 heteroatoms. The Morgan fingerprint density at radius 1 is 1.20 bits per heavy atom. The Labute approximate surface area is 148 Å². The highest BCUT2D eigenvalue weighted by Crippen LogP contribution is 2.23. The molecular formula is C19H11ClN4O. The van der Waals surface area contributed by atoms with Crippen molar-refractivity contribution in [2.24, 2.45) is 0 Å². The Hall–Kier alpha value is -3.23. The molecular weight excluding hydrogens is 336 g/mol. The molecule has 0 aliphatic rings. The van der Waals surface area contributed by atoms with Gasteiger partial charge in [-0.2, -0.15) is 5.26 Å². The Kier molecular flexibility index (Phi) is 3.68. The van der Waals surface area contributed by atoms with Crippen molar-refractivity contribution in [2.45, 2.75) is 6.54 Å². The fraction of sp³-hybridized carbons (Fsp3) is 0.0526. The van der Waals surface area contributed by atoms with E-state index in [1.165, 1.54) is 6.20 Å². The molecule has 0 fully saturated rings. The normalized spacial score (nSPS) is 10.9. The van der Waals surface area contributed by atoms with E-state index in [1.54, 1.807) is 18.5 Å². The lowest BCUT2D eigenvalue weighted by Crippen LogP contribution is -1.99. The molecule has 0 unspecified atom stereocenters. The third-order valence-electron chi connectivity index (χ3n) is 4.07. The minimum absolute atomic E-state index is 0.430. The molecule has 0 bridgehead atoms. The van der Waals surface area contributed by atoms with Crippen LogP contribution in [-0.4, -0.2) is 20.8 Å². The summed E-state index contributed by atoms with van der Waals surface area (Å²) in [6.07, 6.45) is 5.67. The zero-order valence-electron chi connectivity index (χ0n) is 13.0. The number of nitrogens with zero attached hydrogens (tertiary/aromatic N) is 4. The summed E-state index contributed by atoms with van der Waals surface area (Å²) in [5, 5.41) is 11.2. The van der Waals surface area contributed by atoms with Crippen LogP contribution in [0.2, 0.25) is 5.02 Å². The second-order valence-corrected chi connectivity index (χ2v) is 6.15. The Morgan fingerprint density at radius 3 is 2.88 bits per heavy atom. The van der Waals surface area contributed by atoms with Crippen molar-refractivity contribution in [1.29, 1.82) is 5.26 Å². The van der Waals surface area contributed by atoms with Crippen LogP contribution in [0.25, 0.3) is 21.9 Å². The van der Waals surface area contributed by atoms with Gasteiger partial charge in [-0.1, -0.05) is 17.7 Å². The van der Waals surface area contributed by atoms with E-state index in [-0.39, 0.29) is 0 Å². The maximum absolute atomic E-state index is 11.4. The van der Waals surface area contributed by atoms with E-state index in [0.29, 0.717) is 33.7 Å². The predicted octanol–water partition coefficient (Wildman–Crippen LogP) is 3.97. The number of halogens is 1. The maximum atomic E-state index is 11.4. The molecule has 1 aromatic carbocycles. The largest absolute Gasteiger partial charge is 0.327 e. The van der Waals surface area contributed by atoms with Gasteiger partial charge in [0.25, 0.3) is 0 Å². The Morgan fingerprint density at radius 2 is 2.08 bits per heavy atom. The van der Waals surface area contributed by atoms with Gasteiger partial charge >= 0.3 is 0 Å². The minimum atomic E-state index is 0.430. The van der Waals surface area contributed by atoms with Crippen LogP contribution in [0.3, 0.4) is 0 Å². The van der Waals surface area contributed by atoms with Gasteiger partial charge in [-0.15, -0.1) is 0 Å². The number of aldehydes is 1. The minimum Gasteiger partial charge on any atom is -0.327 e. The first kappa shape index (κ1) is 15.3. The molecule has 0 amide bonds. The highest BCUT2D eigenvalue weighted by molar-refractivity contribution is 6.31. The lowest BCUT2D eigenvalue weighted by molar-refractivity contribution is 0.112. The second kappa shape index (κ2) is 6.00. The van der Waals surface area contributed by atoms with Crippen LogP contribution in [-0.2, 0) is 6.54 Å². The fourth-order valence-corrected chi connectivity index (χ4v) is 3.09. The van der Waals surface area contributed by atoms with Gasteiger partial charge in [0, 0.05) is 41.5 Å². The highest BCUT2D eigenvalue weighted by Gasteiger charge is 2.11. The molecule has 4 rings (SSSR count). The first-order valence-corrected chi connectivity index (χ1v) is 7.94. The number of nitriles is 1. The van der Waals surface area contributed by atoms with Crippen LogP contribution in [0, 0.1) is 11.3 Å². The summed E-state index contributed by atoms with van der Waals surface area (Å²) in [6, 6.07) is 11.5. The van der Waals surface area contributed by atoms with Crippen molar-refractivity contribution in [3.05, 3.63) is 70.6 Å². The third kappa shape index (κ3) is 2.73. The van der Waals surface area contributed by atoms with Crippen LogP contribution < -0.4 is 0 Å². The zero-order valence-corrected chi connectivity index (χ0v) is 13.7. The first-order valence-electron chi connectivity index (χ1n) is 7.56. The van der Waals surface area contributed by atoms with Gasteiger partial charge in [-0.25, -0.2) is 4.98 Å². The molecule has 0 radical (unpaired) electrons. The summed E-state index contributed by atoms with van der Waals surface area (Å²) in [5.74, 6) is 0. The molecule has 0 N–H and O–H groups in total. The summed E-state index contributed by atoms with van der Waals surface area (Å²) in [7, 11) is 0. The van der Waals surface area contributed by atoms with Crippen molar-refractivity contribution in [3.8, 4) is 6.07 Å². The van der Waals surface area contributed by atoms with Crippen LogP contribution in [0.15, 0.2) is 48.9 Å². The molecule has 3 heterocycles. The molecule has 0 aliphatic heterocycles. The molecule has 4 aromatic rings. The summed E-state index contributed by atoms with van der Waals surface area (Å²) >= 11 is 6.02. The summed E-state index contributed by atoms with van der Waals surface area (Å²) in [6.45, 7) is 0.547. The van der Waals surface area contributed by atoms with Gasteiger partial charge in [-0.05, 0) is 29.8 Å². The maximum Gasteiger partial charge on any atom is 0.152 e. The van der Waals surface area contributed by atoms with Crippen LogP contribution >= 0.6 is 11.6 Å². The van der Waals surface area contributed by atoms with Gasteiger partial charge in [0.05, 0.1) is 16.1 Å². The number of rotatable bonds is 3. The smallest absolute Gasteiger partial charge is 0.152 e. The van der Waals surface area contributed by atoms with Crippen molar-refractivity contribution in [2.75, 3.05) is 0 Å².